The molecule has 4 nitrogen and oxygen atoms in total. The third kappa shape index (κ3) is 6.18. The SMILES string of the molecule is C[C@H](CNC(=O)c1cccs1)Oc1ccc(CN2CCC(c3ccccc3)CC2)cc1. The van der Waals surface area contributed by atoms with E-state index in [1.807, 2.05) is 36.6 Å². The number of thiophene rings is 1. The van der Waals surface area contributed by atoms with Crippen molar-refractivity contribution in [3.63, 3.8) is 0 Å². The summed E-state index contributed by atoms with van der Waals surface area (Å²) in [6.45, 7) is 5.71. The maximum Gasteiger partial charge on any atom is 0.261 e. The van der Waals surface area contributed by atoms with Crippen molar-refractivity contribution in [3.8, 4) is 5.75 Å². The molecule has 1 fully saturated rings. The Morgan fingerprint density at radius 3 is 2.48 bits per heavy atom. The fourth-order valence-corrected chi connectivity index (χ4v) is 4.73. The minimum atomic E-state index is -0.0909. The molecule has 162 valence electrons. The first-order chi connectivity index (χ1) is 15.2. The number of hydrogen-bond acceptors (Lipinski definition) is 4. The van der Waals surface area contributed by atoms with E-state index in [9.17, 15) is 4.79 Å². The molecule has 1 amide bonds. The van der Waals surface area contributed by atoms with Crippen LogP contribution in [0, 0.1) is 0 Å². The molecule has 3 aromatic rings. The molecule has 5 heteroatoms. The van der Waals surface area contributed by atoms with Crippen LogP contribution in [0.25, 0.3) is 0 Å². The first-order valence-corrected chi connectivity index (χ1v) is 11.9. The Labute approximate surface area is 188 Å². The lowest BCUT2D eigenvalue weighted by molar-refractivity contribution is 0.0936. The summed E-state index contributed by atoms with van der Waals surface area (Å²) in [6.07, 6.45) is 2.35. The average molecular weight is 435 g/mol. The van der Waals surface area contributed by atoms with Crippen LogP contribution >= 0.6 is 11.3 Å². The number of carbonyl (C=O) groups excluding carboxylic acids is 1. The fraction of sp³-hybridized carbons (Fsp3) is 0.346. The van der Waals surface area contributed by atoms with Crippen molar-refractivity contribution in [1.29, 1.82) is 0 Å². The van der Waals surface area contributed by atoms with E-state index in [2.05, 4.69) is 52.7 Å². The van der Waals surface area contributed by atoms with Crippen molar-refractivity contribution in [1.82, 2.24) is 10.2 Å². The van der Waals surface area contributed by atoms with Gasteiger partial charge in [-0.15, -0.1) is 11.3 Å². The fourth-order valence-electron chi connectivity index (χ4n) is 4.09. The zero-order valence-corrected chi connectivity index (χ0v) is 18.8. The molecule has 0 aliphatic carbocycles. The van der Waals surface area contributed by atoms with Gasteiger partial charge in [0.25, 0.3) is 5.91 Å². The van der Waals surface area contributed by atoms with Crippen LogP contribution in [-0.2, 0) is 6.54 Å². The van der Waals surface area contributed by atoms with E-state index < -0.39 is 0 Å². The van der Waals surface area contributed by atoms with Gasteiger partial charge in [0.05, 0.1) is 11.4 Å². The van der Waals surface area contributed by atoms with E-state index in [1.54, 1.807) is 0 Å². The quantitative estimate of drug-likeness (QED) is 0.521. The Morgan fingerprint density at radius 1 is 1.06 bits per heavy atom. The van der Waals surface area contributed by atoms with Gasteiger partial charge in [-0.2, -0.15) is 0 Å². The van der Waals surface area contributed by atoms with E-state index in [1.165, 1.54) is 35.3 Å². The second kappa shape index (κ2) is 10.6. The minimum Gasteiger partial charge on any atom is -0.489 e. The molecule has 1 N–H and O–H groups in total. The molecule has 1 aliphatic heterocycles. The van der Waals surface area contributed by atoms with Gasteiger partial charge >= 0.3 is 0 Å². The van der Waals surface area contributed by atoms with Crippen LogP contribution < -0.4 is 10.1 Å². The molecule has 2 heterocycles. The summed E-state index contributed by atoms with van der Waals surface area (Å²) in [5.41, 5.74) is 2.79. The van der Waals surface area contributed by atoms with E-state index in [0.717, 1.165) is 30.3 Å². The number of amides is 1. The molecule has 1 saturated heterocycles. The number of nitrogens with one attached hydrogen (secondary N) is 1. The highest BCUT2D eigenvalue weighted by Gasteiger charge is 2.20. The van der Waals surface area contributed by atoms with E-state index >= 15 is 0 Å². The lowest BCUT2D eigenvalue weighted by Gasteiger charge is -2.32. The first-order valence-electron chi connectivity index (χ1n) is 11.0. The highest BCUT2D eigenvalue weighted by atomic mass is 32.1. The maximum absolute atomic E-state index is 12.0. The largest absolute Gasteiger partial charge is 0.489 e. The normalized spacial score (nSPS) is 16.0. The van der Waals surface area contributed by atoms with Crippen molar-refractivity contribution in [2.45, 2.75) is 38.3 Å². The average Bonchev–Trinajstić information content (AvgIpc) is 3.35. The zero-order valence-electron chi connectivity index (χ0n) is 18.0. The summed E-state index contributed by atoms with van der Waals surface area (Å²) in [6, 6.07) is 23.0. The first kappa shape index (κ1) is 21.6. The number of hydrogen-bond donors (Lipinski definition) is 1. The summed E-state index contributed by atoms with van der Waals surface area (Å²) in [5, 5.41) is 4.83. The molecule has 1 atom stereocenters. The third-order valence-electron chi connectivity index (χ3n) is 5.82. The monoisotopic (exact) mass is 434 g/mol. The number of carbonyl (C=O) groups is 1. The molecule has 1 aliphatic rings. The van der Waals surface area contributed by atoms with Gasteiger partial charge in [0.2, 0.25) is 0 Å². The molecule has 0 spiro atoms. The van der Waals surface area contributed by atoms with E-state index in [0.29, 0.717) is 12.5 Å². The number of nitrogens with zero attached hydrogens (tertiary/aromatic N) is 1. The number of piperidine rings is 1. The Morgan fingerprint density at radius 2 is 1.81 bits per heavy atom. The summed E-state index contributed by atoms with van der Waals surface area (Å²) in [4.78, 5) is 15.3. The maximum atomic E-state index is 12.0. The van der Waals surface area contributed by atoms with Crippen molar-refractivity contribution < 1.29 is 9.53 Å². The van der Waals surface area contributed by atoms with Crippen LogP contribution in [0.3, 0.4) is 0 Å². The highest BCUT2D eigenvalue weighted by Crippen LogP contribution is 2.28. The van der Waals surface area contributed by atoms with Gasteiger partial charge < -0.3 is 10.1 Å². The van der Waals surface area contributed by atoms with Crippen molar-refractivity contribution in [2.75, 3.05) is 19.6 Å². The van der Waals surface area contributed by atoms with Crippen LogP contribution in [0.1, 0.15) is 46.5 Å². The third-order valence-corrected chi connectivity index (χ3v) is 6.69. The second-order valence-corrected chi connectivity index (χ2v) is 9.17. The molecule has 31 heavy (non-hydrogen) atoms. The molecule has 0 unspecified atom stereocenters. The smallest absolute Gasteiger partial charge is 0.261 e. The van der Waals surface area contributed by atoms with E-state index in [-0.39, 0.29) is 12.0 Å². The number of benzene rings is 2. The second-order valence-electron chi connectivity index (χ2n) is 8.22. The van der Waals surface area contributed by atoms with Gasteiger partial charge in [0, 0.05) is 6.54 Å². The van der Waals surface area contributed by atoms with Gasteiger partial charge in [-0.3, -0.25) is 9.69 Å². The van der Waals surface area contributed by atoms with Crippen LogP contribution in [0.15, 0.2) is 72.1 Å². The number of ether oxygens (including phenoxy) is 1. The summed E-state index contributed by atoms with van der Waals surface area (Å²) in [7, 11) is 0. The highest BCUT2D eigenvalue weighted by molar-refractivity contribution is 7.12. The molecule has 2 aromatic carbocycles. The molecule has 0 bridgehead atoms. The predicted octanol–water partition coefficient (Wildman–Crippen LogP) is 5.33. The predicted molar refractivity (Wildman–Crippen MR) is 127 cm³/mol. The Kier molecular flexibility index (Phi) is 7.39. The number of rotatable bonds is 8. The Balaban J connectivity index is 1.20. The Hall–Kier alpha value is -2.63. The van der Waals surface area contributed by atoms with Crippen molar-refractivity contribution in [2.24, 2.45) is 0 Å². The molecule has 0 radical (unpaired) electrons. The van der Waals surface area contributed by atoms with E-state index in [4.69, 9.17) is 4.74 Å². The number of likely N-dealkylation sites (tertiary alicyclic amines) is 1. The van der Waals surface area contributed by atoms with Crippen LogP contribution in [0.4, 0.5) is 0 Å². The summed E-state index contributed by atoms with van der Waals surface area (Å²) < 4.78 is 5.97. The molecular formula is C26H30N2O2S. The van der Waals surface area contributed by atoms with Gasteiger partial charge in [-0.25, -0.2) is 0 Å². The lowest BCUT2D eigenvalue weighted by atomic mass is 9.89. The molecule has 4 rings (SSSR count). The van der Waals surface area contributed by atoms with Crippen LogP contribution in [0.2, 0.25) is 0 Å². The van der Waals surface area contributed by atoms with Crippen molar-refractivity contribution >= 4 is 17.2 Å². The summed E-state index contributed by atoms with van der Waals surface area (Å²) in [5.74, 6) is 1.48. The standard InChI is InChI=1S/C26H30N2O2S/c1-20(18-27-26(29)25-8-5-17-31-25)30-24-11-9-21(10-12-24)19-28-15-13-23(14-16-28)22-6-3-2-4-7-22/h2-12,17,20,23H,13-16,18-19H2,1H3,(H,27,29)/t20-/m1/s1. The molecule has 1 aromatic heterocycles. The van der Waals surface area contributed by atoms with Gasteiger partial charge in [-0.05, 0) is 73.5 Å². The zero-order chi connectivity index (χ0) is 21.5. The van der Waals surface area contributed by atoms with Crippen LogP contribution in [-0.4, -0.2) is 36.5 Å². The minimum absolute atomic E-state index is 0.0446. The van der Waals surface area contributed by atoms with Crippen molar-refractivity contribution in [3.05, 3.63) is 88.1 Å². The molecular weight excluding hydrogens is 404 g/mol. The van der Waals surface area contributed by atoms with Crippen LogP contribution in [0.5, 0.6) is 5.75 Å². The summed E-state index contributed by atoms with van der Waals surface area (Å²) >= 11 is 1.44. The topological polar surface area (TPSA) is 41.6 Å². The van der Waals surface area contributed by atoms with Gasteiger partial charge in [-0.1, -0.05) is 48.5 Å². The molecule has 0 saturated carbocycles. The van der Waals surface area contributed by atoms with Gasteiger partial charge in [0.15, 0.2) is 0 Å². The van der Waals surface area contributed by atoms with Gasteiger partial charge in [0.1, 0.15) is 11.9 Å². The lowest BCUT2D eigenvalue weighted by Crippen LogP contribution is -2.33. The Bertz CT molecular complexity index is 933.